The molecule has 6 heteroatoms. The number of halogens is 1. The first-order chi connectivity index (χ1) is 16.0. The van der Waals surface area contributed by atoms with Crippen LogP contribution in [0.4, 0.5) is 4.39 Å². The first-order valence-electron chi connectivity index (χ1n) is 12.2. The van der Waals surface area contributed by atoms with E-state index in [-0.39, 0.29) is 25.8 Å². The van der Waals surface area contributed by atoms with Crippen LogP contribution in [0.25, 0.3) is 10.8 Å². The molecular weight excluding hydrogens is 448 g/mol. The Balaban J connectivity index is 1.45. The number of nitrogens with zero attached hydrogens (tertiary/aromatic N) is 1. The van der Waals surface area contributed by atoms with Gasteiger partial charge in [-0.2, -0.15) is 0 Å². The SMILES string of the molecule is CC(C)(O)C(C)(C)OPc1ccc2c(c1)CCCC2n1ccc2cc(C3CC3)cc(F)c2c1=O. The molecule has 0 spiro atoms. The standard InChI is InChI=1S/C28H33FNO3P/c1-27(2,32)28(3,4)33-34-21-10-11-22-18(15-21)6-5-7-24(22)30-13-12-19-14-20(17-8-9-17)16-23(29)25(19)26(30)31/h10-17,24,32,34H,5-9H2,1-4H3. The van der Waals surface area contributed by atoms with E-state index in [0.717, 1.165) is 48.5 Å². The summed E-state index contributed by atoms with van der Waals surface area (Å²) in [5.41, 5.74) is 1.46. The number of hydrogen-bond donors (Lipinski definition) is 1. The molecule has 1 heterocycles. The van der Waals surface area contributed by atoms with Gasteiger partial charge in [0.1, 0.15) is 5.82 Å². The predicted octanol–water partition coefficient (Wildman–Crippen LogP) is 5.73. The Morgan fingerprint density at radius 1 is 1.09 bits per heavy atom. The van der Waals surface area contributed by atoms with Crippen LogP contribution in [0.1, 0.15) is 82.0 Å². The predicted molar refractivity (Wildman–Crippen MR) is 137 cm³/mol. The second-order valence-electron chi connectivity index (χ2n) is 10.9. The van der Waals surface area contributed by atoms with E-state index in [1.807, 2.05) is 38.2 Å². The van der Waals surface area contributed by atoms with Crippen LogP contribution in [-0.2, 0) is 10.9 Å². The molecule has 1 saturated carbocycles. The summed E-state index contributed by atoms with van der Waals surface area (Å²) in [4.78, 5) is 13.4. The quantitative estimate of drug-likeness (QED) is 0.458. The summed E-state index contributed by atoms with van der Waals surface area (Å²) in [5.74, 6) is 0.0392. The highest BCUT2D eigenvalue weighted by atomic mass is 31.1. The molecule has 34 heavy (non-hydrogen) atoms. The summed E-state index contributed by atoms with van der Waals surface area (Å²) >= 11 is 0. The monoisotopic (exact) mass is 481 g/mol. The molecule has 1 aromatic heterocycles. The fraction of sp³-hybridized carbons (Fsp3) is 0.464. The maximum Gasteiger partial charge on any atom is 0.261 e. The van der Waals surface area contributed by atoms with Gasteiger partial charge in [-0.05, 0) is 111 Å². The van der Waals surface area contributed by atoms with E-state index < -0.39 is 17.0 Å². The van der Waals surface area contributed by atoms with E-state index in [1.54, 1.807) is 24.5 Å². The van der Waals surface area contributed by atoms with Gasteiger partial charge in [0, 0.05) is 15.0 Å². The zero-order valence-corrected chi connectivity index (χ0v) is 21.3. The van der Waals surface area contributed by atoms with Gasteiger partial charge >= 0.3 is 0 Å². The summed E-state index contributed by atoms with van der Waals surface area (Å²) in [6, 6.07) is 11.6. The van der Waals surface area contributed by atoms with Crippen molar-refractivity contribution in [1.29, 1.82) is 0 Å². The van der Waals surface area contributed by atoms with Crippen molar-refractivity contribution in [2.24, 2.45) is 0 Å². The highest BCUT2D eigenvalue weighted by molar-refractivity contribution is 7.42. The number of hydrogen-bond acceptors (Lipinski definition) is 3. The molecule has 180 valence electrons. The fourth-order valence-corrected chi connectivity index (χ4v) is 5.72. The second-order valence-corrected chi connectivity index (χ2v) is 11.9. The van der Waals surface area contributed by atoms with Crippen LogP contribution in [-0.4, -0.2) is 20.9 Å². The topological polar surface area (TPSA) is 51.5 Å². The Labute approximate surface area is 202 Å². The van der Waals surface area contributed by atoms with Crippen LogP contribution in [0.15, 0.2) is 47.4 Å². The highest BCUT2D eigenvalue weighted by Gasteiger charge is 2.36. The lowest BCUT2D eigenvalue weighted by molar-refractivity contribution is -0.0833. The van der Waals surface area contributed by atoms with Crippen LogP contribution in [0.5, 0.6) is 0 Å². The summed E-state index contributed by atoms with van der Waals surface area (Å²) in [7, 11) is 0.116. The molecule has 2 aliphatic rings. The van der Waals surface area contributed by atoms with Gasteiger partial charge in [-0.15, -0.1) is 0 Å². The maximum atomic E-state index is 15.0. The molecule has 0 saturated heterocycles. The van der Waals surface area contributed by atoms with E-state index in [1.165, 1.54) is 5.56 Å². The molecule has 2 unspecified atom stereocenters. The second kappa shape index (κ2) is 8.55. The van der Waals surface area contributed by atoms with E-state index in [9.17, 15) is 9.90 Å². The molecule has 5 rings (SSSR count). The number of benzene rings is 2. The van der Waals surface area contributed by atoms with Crippen LogP contribution in [0, 0.1) is 5.82 Å². The van der Waals surface area contributed by atoms with Gasteiger partial charge in [0.05, 0.1) is 22.6 Å². The number of pyridine rings is 1. The smallest absolute Gasteiger partial charge is 0.261 e. The third-order valence-corrected chi connectivity index (χ3v) is 8.87. The average Bonchev–Trinajstić information content (AvgIpc) is 3.62. The molecule has 1 N–H and O–H groups in total. The molecule has 2 aliphatic carbocycles. The summed E-state index contributed by atoms with van der Waals surface area (Å²) in [5, 5.41) is 12.3. The zero-order chi connectivity index (χ0) is 24.3. The summed E-state index contributed by atoms with van der Waals surface area (Å²) < 4.78 is 22.8. The van der Waals surface area contributed by atoms with Gasteiger partial charge in [0.2, 0.25) is 0 Å². The van der Waals surface area contributed by atoms with Crippen molar-refractivity contribution < 1.29 is 14.0 Å². The molecule has 1 fully saturated rings. The van der Waals surface area contributed by atoms with Gasteiger partial charge < -0.3 is 14.2 Å². The molecule has 3 aromatic rings. The largest absolute Gasteiger partial charge is 0.387 e. The zero-order valence-electron chi connectivity index (χ0n) is 20.3. The lowest BCUT2D eigenvalue weighted by atomic mass is 9.87. The van der Waals surface area contributed by atoms with Gasteiger partial charge in [-0.3, -0.25) is 4.79 Å². The molecule has 2 atom stereocenters. The Morgan fingerprint density at radius 2 is 1.85 bits per heavy atom. The van der Waals surface area contributed by atoms with Crippen LogP contribution in [0.2, 0.25) is 0 Å². The van der Waals surface area contributed by atoms with Crippen molar-refractivity contribution in [3.8, 4) is 0 Å². The molecule has 0 radical (unpaired) electrons. The van der Waals surface area contributed by atoms with Gasteiger partial charge in [0.15, 0.2) is 0 Å². The van der Waals surface area contributed by atoms with E-state index >= 15 is 4.39 Å². The molecule has 0 aliphatic heterocycles. The number of aliphatic hydroxyl groups is 1. The Morgan fingerprint density at radius 3 is 2.56 bits per heavy atom. The van der Waals surface area contributed by atoms with Crippen molar-refractivity contribution in [1.82, 2.24) is 4.57 Å². The lowest BCUT2D eigenvalue weighted by Gasteiger charge is -2.37. The number of fused-ring (bicyclic) bond motifs is 2. The average molecular weight is 482 g/mol. The van der Waals surface area contributed by atoms with Crippen molar-refractivity contribution in [3.63, 3.8) is 0 Å². The highest BCUT2D eigenvalue weighted by Crippen LogP contribution is 2.41. The minimum Gasteiger partial charge on any atom is -0.387 e. The van der Waals surface area contributed by atoms with Crippen LogP contribution < -0.4 is 10.9 Å². The van der Waals surface area contributed by atoms with Crippen LogP contribution >= 0.6 is 8.81 Å². The van der Waals surface area contributed by atoms with E-state index in [4.69, 9.17) is 4.52 Å². The summed E-state index contributed by atoms with van der Waals surface area (Å²) in [6.45, 7) is 7.30. The molecular formula is C28H33FNO3P. The molecule has 0 bridgehead atoms. The Hall–Kier alpha value is -2.07. The molecule has 4 nitrogen and oxygen atoms in total. The first kappa shape index (κ1) is 23.7. The van der Waals surface area contributed by atoms with Crippen LogP contribution in [0.3, 0.4) is 0 Å². The minimum absolute atomic E-state index is 0.103. The first-order valence-corrected chi connectivity index (χ1v) is 13.1. The number of aryl methyl sites for hydroxylation is 1. The van der Waals surface area contributed by atoms with Crippen molar-refractivity contribution in [2.75, 3.05) is 0 Å². The summed E-state index contributed by atoms with van der Waals surface area (Å²) in [6.07, 6.45) is 6.80. The van der Waals surface area contributed by atoms with Gasteiger partial charge in [0.25, 0.3) is 5.56 Å². The molecule has 0 amide bonds. The van der Waals surface area contributed by atoms with Crippen molar-refractivity contribution in [2.45, 2.75) is 83.0 Å². The lowest BCUT2D eigenvalue weighted by Crippen LogP contribution is -2.45. The van der Waals surface area contributed by atoms with E-state index in [2.05, 4.69) is 12.1 Å². The van der Waals surface area contributed by atoms with Crippen molar-refractivity contribution >= 4 is 24.9 Å². The number of aromatic nitrogens is 1. The van der Waals surface area contributed by atoms with Crippen molar-refractivity contribution in [3.05, 3.63) is 75.5 Å². The van der Waals surface area contributed by atoms with Gasteiger partial charge in [-0.25, -0.2) is 4.39 Å². The Kier molecular flexibility index (Phi) is 5.95. The van der Waals surface area contributed by atoms with Gasteiger partial charge in [-0.1, -0.05) is 18.2 Å². The third kappa shape index (κ3) is 4.34. The Bertz CT molecular complexity index is 1300. The van der Waals surface area contributed by atoms with E-state index in [0.29, 0.717) is 11.3 Å². The number of rotatable bonds is 6. The molecule has 2 aromatic carbocycles. The normalized spacial score (nSPS) is 19.2. The third-order valence-electron chi connectivity index (χ3n) is 7.71. The fourth-order valence-electron chi connectivity index (χ4n) is 4.71. The minimum atomic E-state index is -0.953. The maximum absolute atomic E-state index is 15.0.